The van der Waals surface area contributed by atoms with Gasteiger partial charge in [-0.15, -0.1) is 0 Å². The van der Waals surface area contributed by atoms with Gasteiger partial charge in [0.05, 0.1) is 6.07 Å². The van der Waals surface area contributed by atoms with Gasteiger partial charge in [0.15, 0.2) is 6.61 Å². The number of hydrogen-bond donors (Lipinski definition) is 2. The minimum Gasteiger partial charge on any atom is -0.483 e. The summed E-state index contributed by atoms with van der Waals surface area (Å²) in [5.74, 6) is -0.0184. The third-order valence-corrected chi connectivity index (χ3v) is 3.97. The molecule has 0 spiro atoms. The number of hydrogen-bond acceptors (Lipinski definition) is 4. The molecule has 2 aromatic carbocycles. The van der Waals surface area contributed by atoms with Gasteiger partial charge in [0.1, 0.15) is 12.2 Å². The van der Waals surface area contributed by atoms with E-state index in [0.29, 0.717) is 17.1 Å². The van der Waals surface area contributed by atoms with Crippen LogP contribution in [0.15, 0.2) is 42.5 Å². The predicted molar refractivity (Wildman–Crippen MR) is 109 cm³/mol. The number of amides is 2. The minimum absolute atomic E-state index is 0.103. The Balaban J connectivity index is 2.01. The molecule has 28 heavy (non-hydrogen) atoms. The van der Waals surface area contributed by atoms with Gasteiger partial charge in [0, 0.05) is 11.4 Å². The van der Waals surface area contributed by atoms with Crippen molar-refractivity contribution in [3.05, 3.63) is 53.6 Å². The number of ether oxygens (including phenoxy) is 1. The molecule has 6 nitrogen and oxygen atoms in total. The summed E-state index contributed by atoms with van der Waals surface area (Å²) in [5, 5.41) is 13.9. The molecule has 0 aliphatic rings. The van der Waals surface area contributed by atoms with Crippen LogP contribution in [0, 0.1) is 18.3 Å². The maximum Gasteiger partial charge on any atom is 0.262 e. The maximum absolute atomic E-state index is 12.3. The number of anilines is 2. The summed E-state index contributed by atoms with van der Waals surface area (Å²) >= 11 is 0. The lowest BCUT2D eigenvalue weighted by Gasteiger charge is -2.23. The van der Waals surface area contributed by atoms with E-state index in [0.717, 1.165) is 11.1 Å². The molecule has 6 heteroatoms. The molecule has 0 aliphatic heterocycles. The van der Waals surface area contributed by atoms with Gasteiger partial charge < -0.3 is 15.4 Å². The average Bonchev–Trinajstić information content (AvgIpc) is 2.60. The van der Waals surface area contributed by atoms with Gasteiger partial charge in [-0.05, 0) is 42.2 Å². The predicted octanol–water partition coefficient (Wildman–Crippen LogP) is 4.16. The van der Waals surface area contributed by atoms with E-state index in [1.807, 2.05) is 19.1 Å². The highest BCUT2D eigenvalue weighted by Crippen LogP contribution is 2.32. The van der Waals surface area contributed by atoms with Crippen molar-refractivity contribution in [2.75, 3.05) is 17.2 Å². The van der Waals surface area contributed by atoms with Gasteiger partial charge in [-0.25, -0.2) is 0 Å². The standard InChI is InChI=1S/C22H25N3O3/c1-15-8-9-19(18(12-15)22(2,3)4)28-14-21(27)25-17-7-5-6-16(13-17)24-20(26)10-11-23/h5-9,12-13H,10,14H2,1-4H3,(H,24,26)(H,25,27). The van der Waals surface area contributed by atoms with E-state index >= 15 is 0 Å². The summed E-state index contributed by atoms with van der Waals surface area (Å²) in [4.78, 5) is 23.8. The van der Waals surface area contributed by atoms with Crippen LogP contribution in [-0.2, 0) is 15.0 Å². The lowest BCUT2D eigenvalue weighted by molar-refractivity contribution is -0.118. The van der Waals surface area contributed by atoms with Gasteiger partial charge >= 0.3 is 0 Å². The number of nitriles is 1. The van der Waals surface area contributed by atoms with Crippen molar-refractivity contribution < 1.29 is 14.3 Å². The second-order valence-corrected chi connectivity index (χ2v) is 7.55. The van der Waals surface area contributed by atoms with E-state index in [2.05, 4.69) is 37.5 Å². The van der Waals surface area contributed by atoms with Gasteiger partial charge in [-0.1, -0.05) is 44.5 Å². The molecule has 2 amide bonds. The maximum atomic E-state index is 12.3. The Bertz CT molecular complexity index is 908. The van der Waals surface area contributed by atoms with Gasteiger partial charge in [0.2, 0.25) is 5.91 Å². The molecule has 2 aromatic rings. The van der Waals surface area contributed by atoms with Crippen molar-refractivity contribution in [2.45, 2.75) is 39.5 Å². The number of nitrogens with zero attached hydrogens (tertiary/aromatic N) is 1. The second-order valence-electron chi connectivity index (χ2n) is 7.55. The zero-order chi connectivity index (χ0) is 20.7. The Morgan fingerprint density at radius 1 is 1.04 bits per heavy atom. The fourth-order valence-corrected chi connectivity index (χ4v) is 2.65. The van der Waals surface area contributed by atoms with Crippen LogP contribution in [0.25, 0.3) is 0 Å². The summed E-state index contributed by atoms with van der Waals surface area (Å²) in [6, 6.07) is 14.4. The molecule has 0 saturated heterocycles. The number of aryl methyl sites for hydroxylation is 1. The molecule has 0 fully saturated rings. The summed E-state index contributed by atoms with van der Waals surface area (Å²) in [5.41, 5.74) is 3.11. The molecule has 0 bridgehead atoms. The number of carbonyl (C=O) groups excluding carboxylic acids is 2. The molecule has 146 valence electrons. The molecular formula is C22H25N3O3. The third kappa shape index (κ3) is 6.13. The van der Waals surface area contributed by atoms with Crippen LogP contribution in [0.4, 0.5) is 11.4 Å². The van der Waals surface area contributed by atoms with E-state index in [1.54, 1.807) is 30.3 Å². The fourth-order valence-electron chi connectivity index (χ4n) is 2.65. The first-order valence-corrected chi connectivity index (χ1v) is 8.99. The normalized spacial score (nSPS) is 10.7. The second kappa shape index (κ2) is 9.05. The van der Waals surface area contributed by atoms with E-state index in [1.165, 1.54) is 0 Å². The van der Waals surface area contributed by atoms with Crippen LogP contribution >= 0.6 is 0 Å². The first kappa shape index (κ1) is 21.0. The van der Waals surface area contributed by atoms with E-state index in [-0.39, 0.29) is 24.3 Å². The Morgan fingerprint density at radius 3 is 2.29 bits per heavy atom. The zero-order valence-corrected chi connectivity index (χ0v) is 16.6. The van der Waals surface area contributed by atoms with Crippen LogP contribution < -0.4 is 15.4 Å². The van der Waals surface area contributed by atoms with Crippen molar-refractivity contribution in [1.82, 2.24) is 0 Å². The lowest BCUT2D eigenvalue weighted by Crippen LogP contribution is -2.22. The SMILES string of the molecule is Cc1ccc(OCC(=O)Nc2cccc(NC(=O)CC#N)c2)c(C(C)(C)C)c1. The quantitative estimate of drug-likeness (QED) is 0.788. The van der Waals surface area contributed by atoms with Gasteiger partial charge in [-0.2, -0.15) is 5.26 Å². The molecule has 2 rings (SSSR count). The zero-order valence-electron chi connectivity index (χ0n) is 16.6. The van der Waals surface area contributed by atoms with Gasteiger partial charge in [-0.3, -0.25) is 9.59 Å². The highest BCUT2D eigenvalue weighted by molar-refractivity contribution is 5.95. The van der Waals surface area contributed by atoms with Crippen molar-refractivity contribution in [3.63, 3.8) is 0 Å². The number of carbonyl (C=O) groups is 2. The smallest absolute Gasteiger partial charge is 0.262 e. The highest BCUT2D eigenvalue weighted by Gasteiger charge is 2.19. The topological polar surface area (TPSA) is 91.2 Å². The summed E-state index contributed by atoms with van der Waals surface area (Å²) in [6.45, 7) is 8.19. The molecule has 0 unspecified atom stereocenters. The summed E-state index contributed by atoms with van der Waals surface area (Å²) < 4.78 is 5.76. The molecular weight excluding hydrogens is 354 g/mol. The molecule has 0 radical (unpaired) electrons. The Morgan fingerprint density at radius 2 is 1.68 bits per heavy atom. The van der Waals surface area contributed by atoms with Crippen molar-refractivity contribution >= 4 is 23.2 Å². The van der Waals surface area contributed by atoms with Crippen LogP contribution in [0.2, 0.25) is 0 Å². The van der Waals surface area contributed by atoms with Crippen molar-refractivity contribution in [2.24, 2.45) is 0 Å². The fraction of sp³-hybridized carbons (Fsp3) is 0.318. The number of nitrogens with one attached hydrogen (secondary N) is 2. The Kier molecular flexibility index (Phi) is 6.78. The van der Waals surface area contributed by atoms with Crippen LogP contribution in [0.5, 0.6) is 5.75 Å². The highest BCUT2D eigenvalue weighted by atomic mass is 16.5. The molecule has 0 atom stereocenters. The summed E-state index contributed by atoms with van der Waals surface area (Å²) in [7, 11) is 0. The number of rotatable bonds is 6. The van der Waals surface area contributed by atoms with Crippen molar-refractivity contribution in [1.29, 1.82) is 5.26 Å². The van der Waals surface area contributed by atoms with E-state index in [4.69, 9.17) is 10.00 Å². The van der Waals surface area contributed by atoms with E-state index < -0.39 is 5.91 Å². The van der Waals surface area contributed by atoms with Crippen LogP contribution in [0.3, 0.4) is 0 Å². The Labute approximate surface area is 165 Å². The molecule has 0 aromatic heterocycles. The van der Waals surface area contributed by atoms with Crippen LogP contribution in [-0.4, -0.2) is 18.4 Å². The molecule has 0 heterocycles. The average molecular weight is 379 g/mol. The van der Waals surface area contributed by atoms with E-state index in [9.17, 15) is 9.59 Å². The number of benzene rings is 2. The van der Waals surface area contributed by atoms with Gasteiger partial charge in [0.25, 0.3) is 5.91 Å². The first-order valence-electron chi connectivity index (χ1n) is 8.99. The Hall–Kier alpha value is -3.33. The summed E-state index contributed by atoms with van der Waals surface area (Å²) in [6.07, 6.45) is -0.225. The monoisotopic (exact) mass is 379 g/mol. The molecule has 0 aliphatic carbocycles. The third-order valence-electron chi connectivity index (χ3n) is 3.97. The molecule has 0 saturated carbocycles. The molecule has 2 N–H and O–H groups in total. The lowest BCUT2D eigenvalue weighted by atomic mass is 9.85. The van der Waals surface area contributed by atoms with Crippen molar-refractivity contribution in [3.8, 4) is 11.8 Å². The minimum atomic E-state index is -0.400. The van der Waals surface area contributed by atoms with Crippen LogP contribution in [0.1, 0.15) is 38.3 Å². The largest absolute Gasteiger partial charge is 0.483 e. The first-order chi connectivity index (χ1) is 13.2.